The molecule has 0 heterocycles. The number of primary amides is 2. The molecular formula is C16H35N3O2. The summed E-state index contributed by atoms with van der Waals surface area (Å²) < 4.78 is 0. The Balaban J connectivity index is 0. The maximum atomic E-state index is 9.92. The van der Waals surface area contributed by atoms with Crippen molar-refractivity contribution in [2.24, 2.45) is 17.2 Å². The first-order valence-corrected chi connectivity index (χ1v) is 8.31. The van der Waals surface area contributed by atoms with Crippen molar-refractivity contribution in [1.82, 2.24) is 0 Å². The zero-order valence-corrected chi connectivity index (χ0v) is 13.7. The molecule has 5 heteroatoms. The van der Waals surface area contributed by atoms with E-state index in [4.69, 9.17) is 17.2 Å². The summed E-state index contributed by atoms with van der Waals surface area (Å²) in [6.45, 7) is 3.14. The highest BCUT2D eigenvalue weighted by molar-refractivity contribution is 5.81. The first-order chi connectivity index (χ1) is 10.0. The van der Waals surface area contributed by atoms with Crippen LogP contribution in [0.5, 0.6) is 0 Å². The van der Waals surface area contributed by atoms with Crippen molar-refractivity contribution in [3.8, 4) is 0 Å². The molecule has 0 aromatic carbocycles. The van der Waals surface area contributed by atoms with Gasteiger partial charge < -0.3 is 17.2 Å². The molecule has 0 aromatic rings. The third-order valence-electron chi connectivity index (χ3n) is 3.18. The van der Waals surface area contributed by atoms with Crippen LogP contribution in [0.4, 0.5) is 0 Å². The maximum Gasteiger partial charge on any atom is 0.217 e. The zero-order chi connectivity index (χ0) is 16.3. The second kappa shape index (κ2) is 18.9. The molecule has 2 amide bonds. The van der Waals surface area contributed by atoms with Gasteiger partial charge in [-0.05, 0) is 13.0 Å². The topological polar surface area (TPSA) is 112 Å². The fourth-order valence-electron chi connectivity index (χ4n) is 1.88. The van der Waals surface area contributed by atoms with Gasteiger partial charge in [0.15, 0.2) is 0 Å². The van der Waals surface area contributed by atoms with Gasteiger partial charge >= 0.3 is 0 Å². The van der Waals surface area contributed by atoms with Crippen LogP contribution in [0, 0.1) is 0 Å². The molecule has 6 N–H and O–H groups in total. The van der Waals surface area contributed by atoms with Gasteiger partial charge in [-0.15, -0.1) is 0 Å². The molecule has 0 aliphatic heterocycles. The quantitative estimate of drug-likeness (QED) is 0.454. The van der Waals surface area contributed by atoms with E-state index < -0.39 is 11.8 Å². The Bertz CT molecular complexity index is 222. The summed E-state index contributed by atoms with van der Waals surface area (Å²) in [4.78, 5) is 19.8. The summed E-state index contributed by atoms with van der Waals surface area (Å²) >= 11 is 0. The molecule has 0 fully saturated rings. The first-order valence-electron chi connectivity index (χ1n) is 8.31. The van der Waals surface area contributed by atoms with E-state index in [9.17, 15) is 9.59 Å². The lowest BCUT2D eigenvalue weighted by molar-refractivity contribution is -0.123. The van der Waals surface area contributed by atoms with Crippen molar-refractivity contribution in [3.63, 3.8) is 0 Å². The first kappa shape index (κ1) is 22.2. The molecule has 5 nitrogen and oxygen atoms in total. The molecule has 21 heavy (non-hydrogen) atoms. The van der Waals surface area contributed by atoms with Crippen molar-refractivity contribution >= 4 is 11.8 Å². The largest absolute Gasteiger partial charge is 0.370 e. The minimum Gasteiger partial charge on any atom is -0.370 e. The number of hydrogen-bond acceptors (Lipinski definition) is 3. The van der Waals surface area contributed by atoms with Crippen molar-refractivity contribution < 1.29 is 9.59 Å². The average molecular weight is 301 g/mol. The predicted molar refractivity (Wildman–Crippen MR) is 88.5 cm³/mol. The van der Waals surface area contributed by atoms with Gasteiger partial charge in [-0.2, -0.15) is 0 Å². The molecule has 0 saturated heterocycles. The minimum atomic E-state index is -0.496. The van der Waals surface area contributed by atoms with Crippen LogP contribution >= 0.6 is 0 Å². The second-order valence-corrected chi connectivity index (χ2v) is 5.40. The summed E-state index contributed by atoms with van der Waals surface area (Å²) in [5.41, 5.74) is 14.8. The minimum absolute atomic E-state index is 0.0509. The molecule has 126 valence electrons. The van der Waals surface area contributed by atoms with Crippen LogP contribution in [0.2, 0.25) is 0 Å². The summed E-state index contributed by atoms with van der Waals surface area (Å²) in [7, 11) is 0. The third kappa shape index (κ3) is 27.9. The van der Waals surface area contributed by atoms with Crippen LogP contribution in [0.15, 0.2) is 0 Å². The summed E-state index contributed by atoms with van der Waals surface area (Å²) in [6, 6.07) is 0. The number of rotatable bonds is 13. The van der Waals surface area contributed by atoms with Crippen molar-refractivity contribution in [3.05, 3.63) is 0 Å². The van der Waals surface area contributed by atoms with E-state index in [1.54, 1.807) is 0 Å². The Morgan fingerprint density at radius 2 is 1.00 bits per heavy atom. The predicted octanol–water partition coefficient (Wildman–Crippen LogP) is 2.60. The molecular weight excluding hydrogens is 266 g/mol. The monoisotopic (exact) mass is 301 g/mol. The van der Waals surface area contributed by atoms with E-state index in [1.807, 2.05) is 0 Å². The van der Waals surface area contributed by atoms with Crippen molar-refractivity contribution in [2.45, 2.75) is 84.0 Å². The van der Waals surface area contributed by atoms with Gasteiger partial charge in [0.1, 0.15) is 0 Å². The van der Waals surface area contributed by atoms with Crippen LogP contribution < -0.4 is 17.2 Å². The Hall–Kier alpha value is -1.10. The Morgan fingerprint density at radius 3 is 1.29 bits per heavy atom. The second-order valence-electron chi connectivity index (χ2n) is 5.40. The maximum absolute atomic E-state index is 9.92. The number of nitrogens with two attached hydrogens (primary N) is 3. The normalized spacial score (nSPS) is 9.81. The summed E-state index contributed by atoms with van der Waals surface area (Å²) in [5.74, 6) is -0.993. The summed E-state index contributed by atoms with van der Waals surface area (Å²) in [5, 5.41) is 0. The highest BCUT2D eigenvalue weighted by Gasteiger charge is 1.96. The molecule has 0 saturated carbocycles. The van der Waals surface area contributed by atoms with Gasteiger partial charge in [0, 0.05) is 12.8 Å². The summed E-state index contributed by atoms with van der Waals surface area (Å²) in [6.07, 6.45) is 14.0. The fraction of sp³-hybridized carbons (Fsp3) is 0.875. The molecule has 0 atom stereocenters. The van der Waals surface area contributed by atoms with Gasteiger partial charge in [0.25, 0.3) is 0 Å². The van der Waals surface area contributed by atoms with E-state index in [-0.39, 0.29) is 12.8 Å². The fourth-order valence-corrected chi connectivity index (χ4v) is 1.88. The van der Waals surface area contributed by atoms with Crippen LogP contribution in [0.3, 0.4) is 0 Å². The van der Waals surface area contributed by atoms with E-state index in [1.165, 1.54) is 64.2 Å². The Labute approximate surface area is 130 Å². The number of amides is 2. The molecule has 0 unspecified atom stereocenters. The average Bonchev–Trinajstić information content (AvgIpc) is 2.44. The van der Waals surface area contributed by atoms with Crippen molar-refractivity contribution in [2.75, 3.05) is 6.54 Å². The van der Waals surface area contributed by atoms with Crippen LogP contribution in [0.1, 0.15) is 84.0 Å². The highest BCUT2D eigenvalue weighted by atomic mass is 16.2. The molecule has 0 aliphatic carbocycles. The number of carbonyl (C=O) groups is 2. The van der Waals surface area contributed by atoms with Gasteiger partial charge in [0.05, 0.1) is 0 Å². The van der Waals surface area contributed by atoms with E-state index in [0.29, 0.717) is 0 Å². The van der Waals surface area contributed by atoms with E-state index in [2.05, 4.69) is 6.92 Å². The molecule has 0 radical (unpaired) electrons. The van der Waals surface area contributed by atoms with E-state index >= 15 is 0 Å². The van der Waals surface area contributed by atoms with Gasteiger partial charge in [-0.1, -0.05) is 64.7 Å². The van der Waals surface area contributed by atoms with Crippen LogP contribution in [-0.4, -0.2) is 18.4 Å². The number of hydrogen-bond donors (Lipinski definition) is 3. The lowest BCUT2D eigenvalue weighted by atomic mass is 10.1. The van der Waals surface area contributed by atoms with Crippen LogP contribution in [0.25, 0.3) is 0 Å². The smallest absolute Gasteiger partial charge is 0.217 e. The number of carbonyl (C=O) groups excluding carboxylic acids is 2. The van der Waals surface area contributed by atoms with E-state index in [0.717, 1.165) is 6.54 Å². The highest BCUT2D eigenvalue weighted by Crippen LogP contribution is 2.09. The molecule has 0 aromatic heterocycles. The van der Waals surface area contributed by atoms with Gasteiger partial charge in [-0.3, -0.25) is 9.59 Å². The molecule has 0 aliphatic rings. The lowest BCUT2D eigenvalue weighted by Crippen LogP contribution is -2.16. The van der Waals surface area contributed by atoms with Crippen LogP contribution in [-0.2, 0) is 9.59 Å². The van der Waals surface area contributed by atoms with Gasteiger partial charge in [-0.25, -0.2) is 0 Å². The third-order valence-corrected chi connectivity index (χ3v) is 3.18. The standard InChI is InChI=1S/C12H27N.C4H8N2O2/c1-2-3-4-5-6-7-8-9-10-11-12-13;5-3(7)1-2-4(6)8/h2-13H2,1H3;1-2H2,(H2,5,7)(H2,6,8). The van der Waals surface area contributed by atoms with Crippen molar-refractivity contribution in [1.29, 1.82) is 0 Å². The molecule has 0 spiro atoms. The molecule has 0 rings (SSSR count). The Morgan fingerprint density at radius 1 is 0.667 bits per heavy atom. The number of unbranched alkanes of at least 4 members (excludes halogenated alkanes) is 9. The zero-order valence-electron chi connectivity index (χ0n) is 13.7. The molecule has 0 bridgehead atoms. The van der Waals surface area contributed by atoms with Gasteiger partial charge in [0.2, 0.25) is 11.8 Å². The lowest BCUT2D eigenvalue weighted by Gasteiger charge is -2.00. The SMILES string of the molecule is CCCCCCCCCCCCN.NC(=O)CCC(N)=O. The Kier molecular flexibility index (Phi) is 20.0.